The van der Waals surface area contributed by atoms with Crippen molar-refractivity contribution in [1.82, 2.24) is 0 Å². The summed E-state index contributed by atoms with van der Waals surface area (Å²) in [5.74, 6) is 2.64. The molecule has 2 heteroatoms. The zero-order valence-corrected chi connectivity index (χ0v) is 20.8. The fourth-order valence-corrected chi connectivity index (χ4v) is 3.85. The molecule has 2 atom stereocenters. The lowest BCUT2D eigenvalue weighted by molar-refractivity contribution is -0.0510. The number of hydrogen-bond acceptors (Lipinski definition) is 2. The van der Waals surface area contributed by atoms with E-state index in [0.29, 0.717) is 13.0 Å². The molecule has 0 fully saturated rings. The highest BCUT2D eigenvalue weighted by molar-refractivity contribution is 4.71. The van der Waals surface area contributed by atoms with Crippen molar-refractivity contribution in [3.05, 3.63) is 0 Å². The quantitative estimate of drug-likeness (QED) is 0.236. The predicted octanol–water partition coefficient (Wildman–Crippen LogP) is 8.16. The molecule has 0 aromatic carbocycles. The Kier molecular flexibility index (Phi) is 14.8. The first-order valence-corrected chi connectivity index (χ1v) is 12.3. The van der Waals surface area contributed by atoms with E-state index in [1.165, 1.54) is 64.2 Å². The van der Waals surface area contributed by atoms with Gasteiger partial charge in [-0.1, -0.05) is 91.9 Å². The van der Waals surface area contributed by atoms with Crippen LogP contribution in [0.25, 0.3) is 0 Å². The summed E-state index contributed by atoms with van der Waals surface area (Å²) >= 11 is 0. The molecule has 0 rings (SSSR count). The first-order chi connectivity index (χ1) is 12.9. The van der Waals surface area contributed by atoms with Gasteiger partial charge in [0.05, 0.1) is 17.8 Å². The zero-order valence-electron chi connectivity index (χ0n) is 20.8. The fourth-order valence-electron chi connectivity index (χ4n) is 3.85. The van der Waals surface area contributed by atoms with E-state index in [-0.39, 0.29) is 5.60 Å². The molecule has 0 aliphatic heterocycles. The average molecular weight is 399 g/mol. The van der Waals surface area contributed by atoms with Crippen LogP contribution in [0.4, 0.5) is 0 Å². The molecule has 0 radical (unpaired) electrons. The van der Waals surface area contributed by atoms with Crippen molar-refractivity contribution in [3.8, 4) is 0 Å². The van der Waals surface area contributed by atoms with Gasteiger partial charge in [-0.15, -0.1) is 0 Å². The maximum Gasteiger partial charge on any atom is 0.0626 e. The minimum atomic E-state index is -0.627. The molecule has 28 heavy (non-hydrogen) atoms. The summed E-state index contributed by atoms with van der Waals surface area (Å²) in [6.07, 6.45) is 15.5. The normalized spacial score (nSPS) is 15.2. The van der Waals surface area contributed by atoms with Gasteiger partial charge < -0.3 is 9.84 Å². The molecule has 2 nitrogen and oxygen atoms in total. The van der Waals surface area contributed by atoms with Crippen molar-refractivity contribution >= 4 is 0 Å². The van der Waals surface area contributed by atoms with E-state index in [9.17, 15) is 5.11 Å². The summed E-state index contributed by atoms with van der Waals surface area (Å²) in [5.41, 5.74) is -0.694. The maximum atomic E-state index is 9.78. The zero-order chi connectivity index (χ0) is 21.6. The minimum absolute atomic E-state index is 0.0669. The Labute approximate surface area is 178 Å². The third-order valence-electron chi connectivity index (χ3n) is 6.05. The topological polar surface area (TPSA) is 29.5 Å². The molecule has 2 unspecified atom stereocenters. The number of hydrogen-bond donors (Lipinski definition) is 1. The van der Waals surface area contributed by atoms with Crippen LogP contribution in [0, 0.1) is 17.8 Å². The van der Waals surface area contributed by atoms with E-state index in [0.717, 1.165) is 24.2 Å². The van der Waals surface area contributed by atoms with Gasteiger partial charge in [0.25, 0.3) is 0 Å². The predicted molar refractivity (Wildman–Crippen MR) is 125 cm³/mol. The Hall–Kier alpha value is -0.0800. The highest BCUT2D eigenvalue weighted by atomic mass is 16.5. The highest BCUT2D eigenvalue weighted by Gasteiger charge is 2.20. The van der Waals surface area contributed by atoms with Crippen molar-refractivity contribution in [2.45, 2.75) is 144 Å². The van der Waals surface area contributed by atoms with Crippen molar-refractivity contribution in [3.63, 3.8) is 0 Å². The van der Waals surface area contributed by atoms with Gasteiger partial charge in [0.1, 0.15) is 0 Å². The summed E-state index contributed by atoms with van der Waals surface area (Å²) in [5, 5.41) is 9.78. The van der Waals surface area contributed by atoms with Gasteiger partial charge >= 0.3 is 0 Å². The Morgan fingerprint density at radius 1 is 0.643 bits per heavy atom. The summed E-state index contributed by atoms with van der Waals surface area (Å²) in [6, 6.07) is 0. The molecule has 0 bridgehead atoms. The standard InChI is InChI=1S/C26H54O2/c1-22(2)14-12-16-24(4)18-13-17-23(3)15-10-9-11-19-26(7,8)28-21-20-25(5,6)27/h22-24,27H,9-21H2,1-8H3. The molecule has 170 valence electrons. The van der Waals surface area contributed by atoms with Gasteiger partial charge in [-0.05, 0) is 58.3 Å². The molecule has 0 saturated carbocycles. The van der Waals surface area contributed by atoms with E-state index in [1.54, 1.807) is 0 Å². The third kappa shape index (κ3) is 19.2. The van der Waals surface area contributed by atoms with E-state index in [2.05, 4.69) is 41.5 Å². The van der Waals surface area contributed by atoms with Crippen LogP contribution in [0.1, 0.15) is 132 Å². The van der Waals surface area contributed by atoms with Gasteiger partial charge in [0.15, 0.2) is 0 Å². The molecular formula is C26H54O2. The van der Waals surface area contributed by atoms with Crippen LogP contribution in [0.5, 0.6) is 0 Å². The van der Waals surface area contributed by atoms with Crippen molar-refractivity contribution in [2.24, 2.45) is 17.8 Å². The molecule has 0 heterocycles. The first-order valence-electron chi connectivity index (χ1n) is 12.3. The number of rotatable bonds is 18. The molecule has 0 aliphatic carbocycles. The smallest absolute Gasteiger partial charge is 0.0626 e. The lowest BCUT2D eigenvalue weighted by atomic mass is 9.91. The Morgan fingerprint density at radius 2 is 1.14 bits per heavy atom. The van der Waals surface area contributed by atoms with Crippen LogP contribution >= 0.6 is 0 Å². The van der Waals surface area contributed by atoms with Crippen LogP contribution < -0.4 is 0 Å². The minimum Gasteiger partial charge on any atom is -0.390 e. The van der Waals surface area contributed by atoms with Crippen LogP contribution in [0.3, 0.4) is 0 Å². The lowest BCUT2D eigenvalue weighted by Crippen LogP contribution is -2.28. The van der Waals surface area contributed by atoms with E-state index >= 15 is 0 Å². The second-order valence-electron chi connectivity index (χ2n) is 11.2. The first kappa shape index (κ1) is 27.9. The molecule has 0 aromatic rings. The van der Waals surface area contributed by atoms with Gasteiger partial charge in [-0.25, -0.2) is 0 Å². The van der Waals surface area contributed by atoms with Crippen LogP contribution in [-0.4, -0.2) is 22.9 Å². The Bertz CT molecular complexity index is 354. The average Bonchev–Trinajstić information content (AvgIpc) is 2.52. The monoisotopic (exact) mass is 398 g/mol. The summed E-state index contributed by atoms with van der Waals surface area (Å²) in [4.78, 5) is 0. The van der Waals surface area contributed by atoms with Gasteiger partial charge in [-0.2, -0.15) is 0 Å². The number of aliphatic hydroxyl groups is 1. The van der Waals surface area contributed by atoms with Gasteiger partial charge in [-0.3, -0.25) is 0 Å². The van der Waals surface area contributed by atoms with Gasteiger partial charge in [0, 0.05) is 0 Å². The number of unbranched alkanes of at least 4 members (excludes halogenated alkanes) is 2. The van der Waals surface area contributed by atoms with E-state index in [4.69, 9.17) is 4.74 Å². The molecule has 0 spiro atoms. The molecule has 1 N–H and O–H groups in total. The van der Waals surface area contributed by atoms with Crippen molar-refractivity contribution in [1.29, 1.82) is 0 Å². The summed E-state index contributed by atoms with van der Waals surface area (Å²) in [6.45, 7) is 18.2. The largest absolute Gasteiger partial charge is 0.390 e. The third-order valence-corrected chi connectivity index (χ3v) is 6.05. The van der Waals surface area contributed by atoms with Crippen molar-refractivity contribution in [2.75, 3.05) is 6.61 Å². The van der Waals surface area contributed by atoms with Crippen molar-refractivity contribution < 1.29 is 9.84 Å². The van der Waals surface area contributed by atoms with Gasteiger partial charge in [0.2, 0.25) is 0 Å². The van der Waals surface area contributed by atoms with E-state index in [1.807, 2.05) is 13.8 Å². The number of ether oxygens (including phenoxy) is 1. The Morgan fingerprint density at radius 3 is 1.64 bits per heavy atom. The molecule has 0 aliphatic rings. The maximum absolute atomic E-state index is 9.78. The fraction of sp³-hybridized carbons (Fsp3) is 1.00. The summed E-state index contributed by atoms with van der Waals surface area (Å²) in [7, 11) is 0. The molecule has 0 amide bonds. The van der Waals surface area contributed by atoms with Crippen LogP contribution in [0.2, 0.25) is 0 Å². The Balaban J connectivity index is 3.64. The lowest BCUT2D eigenvalue weighted by Gasteiger charge is -2.27. The second kappa shape index (κ2) is 14.8. The van der Waals surface area contributed by atoms with Crippen LogP contribution in [-0.2, 0) is 4.74 Å². The van der Waals surface area contributed by atoms with Crippen LogP contribution in [0.15, 0.2) is 0 Å². The summed E-state index contributed by atoms with van der Waals surface area (Å²) < 4.78 is 5.99. The second-order valence-corrected chi connectivity index (χ2v) is 11.2. The SMILES string of the molecule is CC(C)CCCC(C)CCCC(C)CCCCCC(C)(C)OCCC(C)(C)O. The highest BCUT2D eigenvalue weighted by Crippen LogP contribution is 2.24. The molecule has 0 aromatic heterocycles. The molecule has 0 saturated heterocycles. The molecular weight excluding hydrogens is 344 g/mol. The van der Waals surface area contributed by atoms with E-state index < -0.39 is 5.60 Å².